The molecule has 0 fully saturated rings. The second-order valence-electron chi connectivity index (χ2n) is 8.33. The van der Waals surface area contributed by atoms with Crippen LogP contribution in [0.1, 0.15) is 115 Å². The quantitative estimate of drug-likeness (QED) is 0.266. The van der Waals surface area contributed by atoms with Gasteiger partial charge in [0.25, 0.3) is 0 Å². The van der Waals surface area contributed by atoms with Crippen molar-refractivity contribution in [2.45, 2.75) is 116 Å². The molecule has 164 valence electrons. The lowest BCUT2D eigenvalue weighted by Gasteiger charge is -2.05. The molecule has 3 nitrogen and oxygen atoms in total. The van der Waals surface area contributed by atoms with Crippen molar-refractivity contribution in [2.75, 3.05) is 0 Å². The van der Waals surface area contributed by atoms with Crippen LogP contribution in [0.4, 0.5) is 0 Å². The van der Waals surface area contributed by atoms with E-state index >= 15 is 0 Å². The first-order valence-electron chi connectivity index (χ1n) is 12.1. The van der Waals surface area contributed by atoms with Crippen molar-refractivity contribution in [1.29, 1.82) is 0 Å². The van der Waals surface area contributed by atoms with Gasteiger partial charge in [0.05, 0.1) is 6.42 Å². The van der Waals surface area contributed by atoms with E-state index in [9.17, 15) is 9.59 Å². The summed E-state index contributed by atoms with van der Waals surface area (Å²) in [7, 11) is 0. The zero-order valence-electron chi connectivity index (χ0n) is 18.7. The SMILES string of the molecule is CCCCCCCCCCCCCCCCCC(=O)NC(=O)Cc1ccccc1. The van der Waals surface area contributed by atoms with Crippen LogP contribution in [-0.4, -0.2) is 11.8 Å². The number of carbonyl (C=O) groups excluding carboxylic acids is 2. The van der Waals surface area contributed by atoms with Gasteiger partial charge in [-0.15, -0.1) is 0 Å². The number of rotatable bonds is 18. The minimum atomic E-state index is -0.206. The lowest BCUT2D eigenvalue weighted by Crippen LogP contribution is -2.31. The molecule has 0 aliphatic carbocycles. The normalized spacial score (nSPS) is 10.8. The van der Waals surface area contributed by atoms with Crippen molar-refractivity contribution >= 4 is 11.8 Å². The van der Waals surface area contributed by atoms with E-state index in [2.05, 4.69) is 12.2 Å². The second-order valence-corrected chi connectivity index (χ2v) is 8.33. The van der Waals surface area contributed by atoms with Crippen LogP contribution < -0.4 is 5.32 Å². The van der Waals surface area contributed by atoms with E-state index in [-0.39, 0.29) is 18.2 Å². The van der Waals surface area contributed by atoms with Gasteiger partial charge in [0.15, 0.2) is 0 Å². The van der Waals surface area contributed by atoms with Crippen LogP contribution in [0, 0.1) is 0 Å². The van der Waals surface area contributed by atoms with Crippen LogP contribution >= 0.6 is 0 Å². The highest BCUT2D eigenvalue weighted by molar-refractivity contribution is 5.95. The monoisotopic (exact) mass is 401 g/mol. The summed E-state index contributed by atoms with van der Waals surface area (Å²) >= 11 is 0. The van der Waals surface area contributed by atoms with E-state index in [1.807, 2.05) is 30.3 Å². The van der Waals surface area contributed by atoms with Gasteiger partial charge in [-0.1, -0.05) is 127 Å². The van der Waals surface area contributed by atoms with E-state index in [0.29, 0.717) is 6.42 Å². The lowest BCUT2D eigenvalue weighted by atomic mass is 10.0. The van der Waals surface area contributed by atoms with E-state index in [0.717, 1.165) is 18.4 Å². The molecule has 1 aromatic carbocycles. The fraction of sp³-hybridized carbons (Fsp3) is 0.692. The molecule has 0 heterocycles. The Morgan fingerprint density at radius 1 is 0.621 bits per heavy atom. The van der Waals surface area contributed by atoms with Crippen LogP contribution in [0.2, 0.25) is 0 Å². The van der Waals surface area contributed by atoms with Crippen molar-refractivity contribution < 1.29 is 9.59 Å². The van der Waals surface area contributed by atoms with Gasteiger partial charge in [0, 0.05) is 6.42 Å². The fourth-order valence-corrected chi connectivity index (χ4v) is 3.70. The van der Waals surface area contributed by atoms with Crippen molar-refractivity contribution in [1.82, 2.24) is 5.32 Å². The molecule has 0 unspecified atom stereocenters. The number of unbranched alkanes of at least 4 members (excludes halogenated alkanes) is 14. The predicted octanol–water partition coefficient (Wildman–Crippen LogP) is 7.13. The Hall–Kier alpha value is -1.64. The standard InChI is InChI=1S/C26H43NO2/c1-2-3-4-5-6-7-8-9-10-11-12-13-14-15-19-22-25(28)27-26(29)23-24-20-17-16-18-21-24/h16-18,20-21H,2-15,19,22-23H2,1H3,(H,27,28,29). The van der Waals surface area contributed by atoms with Crippen LogP contribution in [0.25, 0.3) is 0 Å². The van der Waals surface area contributed by atoms with Gasteiger partial charge >= 0.3 is 0 Å². The minimum Gasteiger partial charge on any atom is -0.296 e. The molecule has 0 radical (unpaired) electrons. The molecular formula is C26H43NO2. The number of imide groups is 1. The number of nitrogens with one attached hydrogen (secondary N) is 1. The van der Waals surface area contributed by atoms with Gasteiger partial charge in [-0.25, -0.2) is 0 Å². The molecule has 0 saturated heterocycles. The summed E-state index contributed by atoms with van der Waals surface area (Å²) in [5.41, 5.74) is 0.935. The second kappa shape index (κ2) is 18.4. The van der Waals surface area contributed by atoms with E-state index in [1.54, 1.807) is 0 Å². The van der Waals surface area contributed by atoms with Crippen molar-refractivity contribution in [3.05, 3.63) is 35.9 Å². The third kappa shape index (κ3) is 15.9. The first-order valence-corrected chi connectivity index (χ1v) is 12.1. The third-order valence-electron chi connectivity index (χ3n) is 5.49. The van der Waals surface area contributed by atoms with Gasteiger partial charge in [0.2, 0.25) is 11.8 Å². The minimum absolute atomic E-state index is 0.138. The first kappa shape index (κ1) is 25.4. The van der Waals surface area contributed by atoms with Gasteiger partial charge in [0.1, 0.15) is 0 Å². The molecule has 3 heteroatoms. The highest BCUT2D eigenvalue weighted by Crippen LogP contribution is 2.13. The van der Waals surface area contributed by atoms with Crippen molar-refractivity contribution in [3.63, 3.8) is 0 Å². The number of amides is 2. The Morgan fingerprint density at radius 3 is 1.55 bits per heavy atom. The summed E-state index contributed by atoms with van der Waals surface area (Å²) in [5.74, 6) is -0.345. The summed E-state index contributed by atoms with van der Waals surface area (Å²) in [6.45, 7) is 2.27. The molecule has 0 aromatic heterocycles. The van der Waals surface area contributed by atoms with Crippen LogP contribution in [0.3, 0.4) is 0 Å². The zero-order chi connectivity index (χ0) is 21.0. The number of carbonyl (C=O) groups is 2. The number of benzene rings is 1. The predicted molar refractivity (Wildman–Crippen MR) is 123 cm³/mol. The van der Waals surface area contributed by atoms with Gasteiger partial charge in [-0.3, -0.25) is 14.9 Å². The molecule has 0 atom stereocenters. The van der Waals surface area contributed by atoms with E-state index in [1.165, 1.54) is 83.5 Å². The highest BCUT2D eigenvalue weighted by Gasteiger charge is 2.08. The lowest BCUT2D eigenvalue weighted by molar-refractivity contribution is -0.130. The highest BCUT2D eigenvalue weighted by atomic mass is 16.2. The molecular weight excluding hydrogens is 358 g/mol. The van der Waals surface area contributed by atoms with Crippen LogP contribution in [0.15, 0.2) is 30.3 Å². The fourth-order valence-electron chi connectivity index (χ4n) is 3.70. The van der Waals surface area contributed by atoms with Crippen LogP contribution in [0.5, 0.6) is 0 Å². The van der Waals surface area contributed by atoms with E-state index in [4.69, 9.17) is 0 Å². The maximum Gasteiger partial charge on any atom is 0.230 e. The molecule has 2 amide bonds. The third-order valence-corrected chi connectivity index (χ3v) is 5.49. The summed E-state index contributed by atoms with van der Waals surface area (Å²) in [6, 6.07) is 9.53. The molecule has 0 saturated carbocycles. The zero-order valence-corrected chi connectivity index (χ0v) is 18.7. The summed E-state index contributed by atoms with van der Waals surface area (Å²) in [6.07, 6.45) is 20.4. The topological polar surface area (TPSA) is 46.2 Å². The van der Waals surface area contributed by atoms with Gasteiger partial charge in [-0.05, 0) is 12.0 Å². The molecule has 1 rings (SSSR count). The smallest absolute Gasteiger partial charge is 0.230 e. The Kier molecular flexibility index (Phi) is 16.1. The summed E-state index contributed by atoms with van der Waals surface area (Å²) in [4.78, 5) is 23.7. The average Bonchev–Trinajstić information content (AvgIpc) is 2.71. The summed E-state index contributed by atoms with van der Waals surface area (Å²) < 4.78 is 0. The first-order chi connectivity index (χ1) is 14.2. The maximum atomic E-state index is 11.9. The Morgan fingerprint density at radius 2 is 1.07 bits per heavy atom. The Bertz CT molecular complexity index is 527. The molecule has 29 heavy (non-hydrogen) atoms. The molecule has 0 aliphatic rings. The molecule has 1 aromatic rings. The molecule has 0 aliphatic heterocycles. The molecule has 0 spiro atoms. The average molecular weight is 402 g/mol. The maximum absolute atomic E-state index is 11.9. The molecule has 0 bridgehead atoms. The largest absolute Gasteiger partial charge is 0.296 e. The van der Waals surface area contributed by atoms with E-state index < -0.39 is 0 Å². The Balaban J connectivity index is 1.83. The van der Waals surface area contributed by atoms with Gasteiger partial charge in [-0.2, -0.15) is 0 Å². The summed E-state index contributed by atoms with van der Waals surface area (Å²) in [5, 5.41) is 2.50. The molecule has 1 N–H and O–H groups in total. The number of hydrogen-bond donors (Lipinski definition) is 1. The van der Waals surface area contributed by atoms with Crippen molar-refractivity contribution in [3.8, 4) is 0 Å². The van der Waals surface area contributed by atoms with Crippen LogP contribution in [-0.2, 0) is 16.0 Å². The van der Waals surface area contributed by atoms with Gasteiger partial charge < -0.3 is 0 Å². The van der Waals surface area contributed by atoms with Crippen molar-refractivity contribution in [2.24, 2.45) is 0 Å². The number of hydrogen-bond acceptors (Lipinski definition) is 2. The Labute approximate surface area is 179 Å².